The van der Waals surface area contributed by atoms with E-state index in [9.17, 15) is 14.4 Å². The van der Waals surface area contributed by atoms with E-state index >= 15 is 0 Å². The SMILES string of the molecule is CCn1nc(CC(C)COC(=O)c2ccc(C(N)=O)cc2)c2c1C(=O)NCC1(CCOCC1)C2. The van der Waals surface area contributed by atoms with Gasteiger partial charge in [-0.15, -0.1) is 0 Å². The lowest BCUT2D eigenvalue weighted by Gasteiger charge is -2.36. The van der Waals surface area contributed by atoms with Gasteiger partial charge in [-0.3, -0.25) is 14.3 Å². The Labute approximate surface area is 199 Å². The molecule has 9 nitrogen and oxygen atoms in total. The predicted octanol–water partition coefficient (Wildman–Crippen LogP) is 2.12. The van der Waals surface area contributed by atoms with E-state index in [-0.39, 0.29) is 23.8 Å². The van der Waals surface area contributed by atoms with Crippen molar-refractivity contribution in [2.45, 2.75) is 46.1 Å². The largest absolute Gasteiger partial charge is 0.462 e. The maximum Gasteiger partial charge on any atom is 0.338 e. The Kier molecular flexibility index (Phi) is 7.02. The first-order valence-corrected chi connectivity index (χ1v) is 11.8. The number of hydrogen-bond donors (Lipinski definition) is 2. The first-order chi connectivity index (χ1) is 16.3. The molecule has 1 aromatic heterocycles. The van der Waals surface area contributed by atoms with Crippen LogP contribution in [0.1, 0.15) is 69.2 Å². The summed E-state index contributed by atoms with van der Waals surface area (Å²) < 4.78 is 12.9. The molecule has 0 aliphatic carbocycles. The standard InChI is InChI=1S/C25H32N4O5/c1-3-29-21-19(13-25(15-27-23(21)31)8-10-33-11-9-25)20(28-29)12-16(2)14-34-24(32)18-6-4-17(5-7-18)22(26)30/h4-7,16H,3,8-15H2,1-2H3,(H2,26,30)(H,27,31). The summed E-state index contributed by atoms with van der Waals surface area (Å²) >= 11 is 0. The highest BCUT2D eigenvalue weighted by molar-refractivity contribution is 5.95. The Morgan fingerprint density at radius 2 is 1.91 bits per heavy atom. The fourth-order valence-corrected chi connectivity index (χ4v) is 4.79. The first-order valence-electron chi connectivity index (χ1n) is 11.8. The number of carbonyl (C=O) groups is 3. The molecule has 3 N–H and O–H groups in total. The number of fused-ring (bicyclic) bond motifs is 1. The van der Waals surface area contributed by atoms with E-state index in [0.29, 0.717) is 49.5 Å². The van der Waals surface area contributed by atoms with Gasteiger partial charge in [0.25, 0.3) is 5.91 Å². The van der Waals surface area contributed by atoms with E-state index in [4.69, 9.17) is 20.3 Å². The Morgan fingerprint density at radius 1 is 1.24 bits per heavy atom. The topological polar surface area (TPSA) is 126 Å². The number of ether oxygens (including phenoxy) is 2. The van der Waals surface area contributed by atoms with E-state index in [1.165, 1.54) is 24.3 Å². The number of benzene rings is 1. The summed E-state index contributed by atoms with van der Waals surface area (Å²) in [5.41, 5.74) is 8.49. The number of nitrogens with zero attached hydrogens (tertiary/aromatic N) is 2. The fourth-order valence-electron chi connectivity index (χ4n) is 4.79. The molecule has 4 rings (SSSR count). The van der Waals surface area contributed by atoms with Crippen LogP contribution in [0.3, 0.4) is 0 Å². The highest BCUT2D eigenvalue weighted by Crippen LogP contribution is 2.38. The van der Waals surface area contributed by atoms with Gasteiger partial charge in [0, 0.05) is 37.4 Å². The third-order valence-electron chi connectivity index (χ3n) is 6.82. The zero-order valence-corrected chi connectivity index (χ0v) is 19.8. The maximum absolute atomic E-state index is 12.9. The van der Waals surface area contributed by atoms with E-state index in [1.54, 1.807) is 4.68 Å². The van der Waals surface area contributed by atoms with E-state index in [2.05, 4.69) is 5.32 Å². The number of aromatic nitrogens is 2. The van der Waals surface area contributed by atoms with Crippen LogP contribution in [-0.4, -0.2) is 53.9 Å². The van der Waals surface area contributed by atoms with Crippen LogP contribution >= 0.6 is 0 Å². The lowest BCUT2D eigenvalue weighted by atomic mass is 9.75. The van der Waals surface area contributed by atoms with Crippen molar-refractivity contribution in [3.8, 4) is 0 Å². The molecule has 1 atom stereocenters. The number of aryl methyl sites for hydroxylation is 1. The number of nitrogens with two attached hydrogens (primary N) is 1. The molecule has 1 aromatic carbocycles. The third kappa shape index (κ3) is 4.99. The summed E-state index contributed by atoms with van der Waals surface area (Å²) in [7, 11) is 0. The Morgan fingerprint density at radius 3 is 2.56 bits per heavy atom. The zero-order valence-electron chi connectivity index (χ0n) is 19.8. The quantitative estimate of drug-likeness (QED) is 0.600. The molecule has 1 unspecified atom stereocenters. The highest BCUT2D eigenvalue weighted by atomic mass is 16.5. The normalized spacial score (nSPS) is 18.0. The van der Waals surface area contributed by atoms with Crippen LogP contribution in [0, 0.1) is 11.3 Å². The lowest BCUT2D eigenvalue weighted by Crippen LogP contribution is -2.40. The van der Waals surface area contributed by atoms with Crippen LogP contribution in [-0.2, 0) is 28.9 Å². The molecule has 182 valence electrons. The molecule has 0 saturated carbocycles. The number of amides is 2. The molecule has 1 fully saturated rings. The van der Waals surface area contributed by atoms with Gasteiger partial charge < -0.3 is 20.5 Å². The third-order valence-corrected chi connectivity index (χ3v) is 6.82. The van der Waals surface area contributed by atoms with Crippen LogP contribution in [0.2, 0.25) is 0 Å². The van der Waals surface area contributed by atoms with Gasteiger partial charge in [0.15, 0.2) is 0 Å². The molecule has 2 aromatic rings. The van der Waals surface area contributed by atoms with Crippen molar-refractivity contribution in [3.63, 3.8) is 0 Å². The van der Waals surface area contributed by atoms with Crippen molar-refractivity contribution in [2.24, 2.45) is 17.1 Å². The predicted molar refractivity (Wildman–Crippen MR) is 125 cm³/mol. The molecule has 0 radical (unpaired) electrons. The molecule has 9 heteroatoms. The Hall–Kier alpha value is -3.20. The van der Waals surface area contributed by atoms with Crippen LogP contribution < -0.4 is 11.1 Å². The van der Waals surface area contributed by atoms with Gasteiger partial charge >= 0.3 is 5.97 Å². The fraction of sp³-hybridized carbons (Fsp3) is 0.520. The van der Waals surface area contributed by atoms with Gasteiger partial charge in [0.2, 0.25) is 5.91 Å². The van der Waals surface area contributed by atoms with Crippen LogP contribution in [0.15, 0.2) is 24.3 Å². The van der Waals surface area contributed by atoms with Gasteiger partial charge in [0.05, 0.1) is 17.9 Å². The number of rotatable bonds is 7. The molecule has 2 aliphatic heterocycles. The molecular weight excluding hydrogens is 436 g/mol. The maximum atomic E-state index is 12.9. The number of primary amides is 1. The van der Waals surface area contributed by atoms with Crippen LogP contribution in [0.5, 0.6) is 0 Å². The van der Waals surface area contributed by atoms with Crippen molar-refractivity contribution in [2.75, 3.05) is 26.4 Å². The number of esters is 1. The average molecular weight is 469 g/mol. The van der Waals surface area contributed by atoms with Gasteiger partial charge in [-0.1, -0.05) is 6.92 Å². The minimum absolute atomic E-state index is 0.00935. The Bertz CT molecular complexity index is 1070. The van der Waals surface area contributed by atoms with Gasteiger partial charge in [0.1, 0.15) is 5.69 Å². The number of carbonyl (C=O) groups excluding carboxylic acids is 3. The van der Waals surface area contributed by atoms with E-state index < -0.39 is 11.9 Å². The molecule has 1 saturated heterocycles. The lowest BCUT2D eigenvalue weighted by molar-refractivity contribution is 0.0160. The minimum atomic E-state index is -0.546. The highest BCUT2D eigenvalue weighted by Gasteiger charge is 2.39. The second kappa shape index (κ2) is 9.97. The van der Waals surface area contributed by atoms with Gasteiger partial charge in [-0.2, -0.15) is 5.10 Å². The van der Waals surface area contributed by atoms with E-state index in [1.807, 2.05) is 13.8 Å². The average Bonchev–Trinajstić information content (AvgIpc) is 3.11. The number of nitrogens with one attached hydrogen (secondary N) is 1. The van der Waals surface area contributed by atoms with Crippen molar-refractivity contribution >= 4 is 17.8 Å². The summed E-state index contributed by atoms with van der Waals surface area (Å²) in [6.07, 6.45) is 3.21. The monoisotopic (exact) mass is 468 g/mol. The second-order valence-corrected chi connectivity index (χ2v) is 9.41. The van der Waals surface area contributed by atoms with Crippen LogP contribution in [0.25, 0.3) is 0 Å². The summed E-state index contributed by atoms with van der Waals surface area (Å²) in [6.45, 7) is 6.86. The first kappa shape index (κ1) is 23.9. The zero-order chi connectivity index (χ0) is 24.3. The van der Waals surface area contributed by atoms with Gasteiger partial charge in [-0.25, -0.2) is 4.79 Å². The van der Waals surface area contributed by atoms with Gasteiger partial charge in [-0.05, 0) is 68.2 Å². The molecular formula is C25H32N4O5. The van der Waals surface area contributed by atoms with Crippen LogP contribution in [0.4, 0.5) is 0 Å². The molecule has 2 aliphatic rings. The molecule has 0 bridgehead atoms. The smallest absolute Gasteiger partial charge is 0.338 e. The second-order valence-electron chi connectivity index (χ2n) is 9.41. The summed E-state index contributed by atoms with van der Waals surface area (Å²) in [5, 5.41) is 7.89. The van der Waals surface area contributed by atoms with E-state index in [0.717, 1.165) is 30.5 Å². The van der Waals surface area contributed by atoms with Crippen molar-refractivity contribution < 1.29 is 23.9 Å². The number of hydrogen-bond acceptors (Lipinski definition) is 6. The molecule has 3 heterocycles. The molecule has 2 amide bonds. The van der Waals surface area contributed by atoms with Crippen molar-refractivity contribution in [1.29, 1.82) is 0 Å². The Balaban J connectivity index is 1.46. The van der Waals surface area contributed by atoms with Crippen molar-refractivity contribution in [1.82, 2.24) is 15.1 Å². The van der Waals surface area contributed by atoms with Crippen molar-refractivity contribution in [3.05, 3.63) is 52.3 Å². The summed E-state index contributed by atoms with van der Waals surface area (Å²) in [4.78, 5) is 36.6. The molecule has 34 heavy (non-hydrogen) atoms. The molecule has 1 spiro atoms. The summed E-state index contributed by atoms with van der Waals surface area (Å²) in [5.74, 6) is -1.07. The minimum Gasteiger partial charge on any atom is -0.462 e. The summed E-state index contributed by atoms with van der Waals surface area (Å²) in [6, 6.07) is 6.07.